The van der Waals surface area contributed by atoms with Crippen LogP contribution >= 0.6 is 0 Å². The van der Waals surface area contributed by atoms with Gasteiger partial charge in [-0.3, -0.25) is 9.52 Å². The Kier molecular flexibility index (Phi) is 5.15. The lowest BCUT2D eigenvalue weighted by atomic mass is 9.94. The maximum atomic E-state index is 12.9. The molecule has 0 saturated carbocycles. The zero-order valence-electron chi connectivity index (χ0n) is 16.2. The predicted octanol–water partition coefficient (Wildman–Crippen LogP) is 4.44. The molecule has 5 nitrogen and oxygen atoms in total. The second-order valence-corrected chi connectivity index (χ2v) is 9.61. The van der Waals surface area contributed by atoms with E-state index in [1.165, 1.54) is 12.1 Å². The number of sulfonamides is 1. The van der Waals surface area contributed by atoms with E-state index in [9.17, 15) is 26.4 Å². The molecule has 1 N–H and O–H groups in total. The fourth-order valence-electron chi connectivity index (χ4n) is 3.11. The second-order valence-electron chi connectivity index (χ2n) is 7.93. The highest BCUT2D eigenvalue weighted by molar-refractivity contribution is 7.92. The van der Waals surface area contributed by atoms with E-state index in [1.807, 2.05) is 0 Å². The van der Waals surface area contributed by atoms with Crippen LogP contribution in [0.1, 0.15) is 31.9 Å². The molecule has 0 radical (unpaired) electrons. The fourth-order valence-corrected chi connectivity index (χ4v) is 4.21. The van der Waals surface area contributed by atoms with Gasteiger partial charge >= 0.3 is 6.18 Å². The molecule has 0 saturated heterocycles. The standard InChI is InChI=1S/C20H21F3N2O3S/c1-19(2,3)18(26)25-10-9-13-7-8-15(12-17(13)25)24-29(27,28)16-6-4-5-14(11-16)20(21,22)23/h4-8,11-12,24H,9-10H2,1-3H3. The van der Waals surface area contributed by atoms with Crippen molar-refractivity contribution in [1.82, 2.24) is 0 Å². The average molecular weight is 426 g/mol. The first-order valence-corrected chi connectivity index (χ1v) is 10.4. The van der Waals surface area contributed by atoms with E-state index in [4.69, 9.17) is 0 Å². The van der Waals surface area contributed by atoms with Gasteiger partial charge < -0.3 is 4.90 Å². The zero-order chi connectivity index (χ0) is 21.6. The predicted molar refractivity (Wildman–Crippen MR) is 104 cm³/mol. The van der Waals surface area contributed by atoms with Gasteiger partial charge in [0, 0.05) is 17.6 Å². The summed E-state index contributed by atoms with van der Waals surface area (Å²) in [5.41, 5.74) is 0.0413. The topological polar surface area (TPSA) is 66.5 Å². The summed E-state index contributed by atoms with van der Waals surface area (Å²) in [6.45, 7) is 5.89. The molecule has 0 unspecified atom stereocenters. The molecule has 1 amide bonds. The molecule has 0 atom stereocenters. The minimum absolute atomic E-state index is 0.0888. The first kappa shape index (κ1) is 21.2. The summed E-state index contributed by atoms with van der Waals surface area (Å²) < 4.78 is 66.2. The van der Waals surface area contributed by atoms with Gasteiger partial charge in [-0.05, 0) is 42.3 Å². The minimum atomic E-state index is -4.65. The summed E-state index contributed by atoms with van der Waals surface area (Å²) in [6, 6.07) is 8.33. The quantitative estimate of drug-likeness (QED) is 0.789. The summed E-state index contributed by atoms with van der Waals surface area (Å²) in [4.78, 5) is 13.8. The van der Waals surface area contributed by atoms with Gasteiger partial charge in [0.2, 0.25) is 5.91 Å². The second kappa shape index (κ2) is 7.05. The van der Waals surface area contributed by atoms with E-state index >= 15 is 0 Å². The van der Waals surface area contributed by atoms with Crippen LogP contribution in [0.5, 0.6) is 0 Å². The normalized spacial score (nSPS) is 14.6. The molecule has 1 aliphatic heterocycles. The van der Waals surface area contributed by atoms with Crippen LogP contribution in [0.25, 0.3) is 0 Å². The van der Waals surface area contributed by atoms with Crippen LogP contribution in [-0.2, 0) is 27.4 Å². The van der Waals surface area contributed by atoms with Crippen molar-refractivity contribution in [2.75, 3.05) is 16.2 Å². The van der Waals surface area contributed by atoms with Crippen LogP contribution in [0.15, 0.2) is 47.4 Å². The van der Waals surface area contributed by atoms with Gasteiger partial charge in [-0.25, -0.2) is 8.42 Å². The van der Waals surface area contributed by atoms with E-state index in [0.717, 1.165) is 23.8 Å². The van der Waals surface area contributed by atoms with Gasteiger partial charge in [0.25, 0.3) is 10.0 Å². The number of hydrogen-bond donors (Lipinski definition) is 1. The van der Waals surface area contributed by atoms with Gasteiger partial charge in [0.15, 0.2) is 0 Å². The molecule has 9 heteroatoms. The van der Waals surface area contributed by atoms with Gasteiger partial charge in [-0.2, -0.15) is 13.2 Å². The number of nitrogens with one attached hydrogen (secondary N) is 1. The highest BCUT2D eigenvalue weighted by Gasteiger charge is 2.33. The molecule has 0 aromatic heterocycles. The largest absolute Gasteiger partial charge is 0.416 e. The Labute approximate surface area is 167 Å². The van der Waals surface area contributed by atoms with Crippen LogP contribution in [0.2, 0.25) is 0 Å². The Morgan fingerprint density at radius 2 is 1.76 bits per heavy atom. The number of alkyl halides is 3. The number of benzene rings is 2. The van der Waals surface area contributed by atoms with Crippen LogP contribution in [-0.4, -0.2) is 20.9 Å². The molecule has 1 aliphatic rings. The third kappa shape index (κ3) is 4.39. The van der Waals surface area contributed by atoms with Gasteiger partial charge in [-0.1, -0.05) is 32.9 Å². The molecule has 3 rings (SSSR count). The average Bonchev–Trinajstić information content (AvgIpc) is 3.02. The number of fused-ring (bicyclic) bond motifs is 1. The maximum absolute atomic E-state index is 12.9. The van der Waals surface area contributed by atoms with Crippen molar-refractivity contribution >= 4 is 27.3 Å². The number of amides is 1. The fraction of sp³-hybridized carbons (Fsp3) is 0.350. The van der Waals surface area contributed by atoms with E-state index in [2.05, 4.69) is 4.72 Å². The third-order valence-electron chi connectivity index (χ3n) is 4.59. The molecule has 0 fully saturated rings. The van der Waals surface area contributed by atoms with Gasteiger partial charge in [-0.15, -0.1) is 0 Å². The van der Waals surface area contributed by atoms with Gasteiger partial charge in [0.05, 0.1) is 16.1 Å². The Morgan fingerprint density at radius 1 is 1.07 bits per heavy atom. The van der Waals surface area contributed by atoms with Crippen molar-refractivity contribution in [3.8, 4) is 0 Å². The summed E-state index contributed by atoms with van der Waals surface area (Å²) in [7, 11) is -4.23. The number of carbonyl (C=O) groups is 1. The lowest BCUT2D eigenvalue weighted by molar-refractivity contribution is -0.137. The molecule has 156 valence electrons. The molecule has 29 heavy (non-hydrogen) atoms. The minimum Gasteiger partial charge on any atom is -0.311 e. The molecule has 2 aromatic carbocycles. The Morgan fingerprint density at radius 3 is 2.38 bits per heavy atom. The maximum Gasteiger partial charge on any atom is 0.416 e. The smallest absolute Gasteiger partial charge is 0.311 e. The molecular formula is C20H21F3N2O3S. The molecule has 1 heterocycles. The Bertz CT molecular complexity index is 1060. The number of rotatable bonds is 3. The number of carbonyl (C=O) groups excluding carboxylic acids is 1. The van der Waals surface area contributed by atoms with Crippen molar-refractivity contribution in [2.45, 2.75) is 38.3 Å². The van der Waals surface area contributed by atoms with Crippen LogP contribution < -0.4 is 9.62 Å². The van der Waals surface area contributed by atoms with Gasteiger partial charge in [0.1, 0.15) is 0 Å². The summed E-state index contributed by atoms with van der Waals surface area (Å²) >= 11 is 0. The molecule has 0 bridgehead atoms. The monoisotopic (exact) mass is 426 g/mol. The number of anilines is 2. The summed E-state index contributed by atoms with van der Waals surface area (Å²) in [6.07, 6.45) is -4.00. The summed E-state index contributed by atoms with van der Waals surface area (Å²) in [5, 5.41) is 0. The molecule has 2 aromatic rings. The number of hydrogen-bond acceptors (Lipinski definition) is 3. The van der Waals surface area contributed by atoms with Crippen molar-refractivity contribution in [3.05, 3.63) is 53.6 Å². The van der Waals surface area contributed by atoms with Crippen LogP contribution in [0.3, 0.4) is 0 Å². The van der Waals surface area contributed by atoms with Crippen molar-refractivity contribution < 1.29 is 26.4 Å². The Hall–Kier alpha value is -2.55. The van der Waals surface area contributed by atoms with Crippen molar-refractivity contribution in [1.29, 1.82) is 0 Å². The third-order valence-corrected chi connectivity index (χ3v) is 5.97. The highest BCUT2D eigenvalue weighted by atomic mass is 32.2. The van der Waals surface area contributed by atoms with Crippen molar-refractivity contribution in [2.24, 2.45) is 5.41 Å². The molecule has 0 spiro atoms. The first-order valence-electron chi connectivity index (χ1n) is 8.94. The number of halogens is 3. The number of nitrogens with zero attached hydrogens (tertiary/aromatic N) is 1. The lowest BCUT2D eigenvalue weighted by Gasteiger charge is -2.26. The van der Waals surface area contributed by atoms with E-state index < -0.39 is 32.1 Å². The van der Waals surface area contributed by atoms with E-state index in [0.29, 0.717) is 24.7 Å². The molecular weight excluding hydrogens is 405 g/mol. The lowest BCUT2D eigenvalue weighted by Crippen LogP contribution is -2.38. The van der Waals surface area contributed by atoms with Crippen LogP contribution in [0.4, 0.5) is 24.5 Å². The van der Waals surface area contributed by atoms with Crippen molar-refractivity contribution in [3.63, 3.8) is 0 Å². The first-order chi connectivity index (χ1) is 13.3. The van der Waals surface area contributed by atoms with E-state index in [1.54, 1.807) is 31.7 Å². The highest BCUT2D eigenvalue weighted by Crippen LogP contribution is 2.35. The Balaban J connectivity index is 1.91. The van der Waals surface area contributed by atoms with E-state index in [-0.39, 0.29) is 11.6 Å². The molecule has 0 aliphatic carbocycles. The zero-order valence-corrected chi connectivity index (χ0v) is 17.0. The SMILES string of the molecule is CC(C)(C)C(=O)N1CCc2ccc(NS(=O)(=O)c3cccc(C(F)(F)F)c3)cc21. The van der Waals surface area contributed by atoms with Crippen LogP contribution in [0, 0.1) is 5.41 Å². The summed E-state index contributed by atoms with van der Waals surface area (Å²) in [5.74, 6) is -0.0888.